The summed E-state index contributed by atoms with van der Waals surface area (Å²) in [6.07, 6.45) is 3.05. The summed E-state index contributed by atoms with van der Waals surface area (Å²) in [5.74, 6) is -0.406. The smallest absolute Gasteiger partial charge is 0.240 e. The number of rotatable bonds is 4. The zero-order valence-electron chi connectivity index (χ0n) is 15.3. The predicted molar refractivity (Wildman–Crippen MR) is 99.1 cm³/mol. The third-order valence-corrected chi connectivity index (χ3v) is 4.90. The van der Waals surface area contributed by atoms with E-state index < -0.39 is 18.2 Å². The molecular formula is C20H20F2N4O2. The number of hydrogen-bond acceptors (Lipinski definition) is 5. The van der Waals surface area contributed by atoms with Gasteiger partial charge in [-0.2, -0.15) is 4.39 Å². The number of phenolic OH excluding ortho intramolecular Hbond substituents is 1. The summed E-state index contributed by atoms with van der Waals surface area (Å²) >= 11 is 0. The molecule has 2 aromatic heterocycles. The number of aryl methyl sites for hydroxylation is 1. The van der Waals surface area contributed by atoms with Crippen LogP contribution in [0.5, 0.6) is 11.6 Å². The first-order valence-corrected chi connectivity index (χ1v) is 9.18. The fraction of sp³-hybridized carbons (Fsp3) is 0.350. The molecule has 0 amide bonds. The van der Waals surface area contributed by atoms with Gasteiger partial charge in [-0.05, 0) is 43.0 Å². The topological polar surface area (TPSA) is 73.1 Å². The van der Waals surface area contributed by atoms with Gasteiger partial charge in [0.1, 0.15) is 18.0 Å². The molecular weight excluding hydrogens is 366 g/mol. The van der Waals surface area contributed by atoms with Crippen molar-refractivity contribution >= 4 is 0 Å². The molecule has 1 aliphatic carbocycles. The first-order chi connectivity index (χ1) is 13.5. The lowest BCUT2D eigenvalue weighted by molar-refractivity contribution is 0.0594. The molecule has 6 nitrogen and oxygen atoms in total. The Morgan fingerprint density at radius 1 is 1.11 bits per heavy atom. The molecule has 28 heavy (non-hydrogen) atoms. The maximum Gasteiger partial charge on any atom is 0.240 e. The van der Waals surface area contributed by atoms with Gasteiger partial charge in [-0.15, -0.1) is 15.3 Å². The monoisotopic (exact) mass is 386 g/mol. The molecule has 1 fully saturated rings. The van der Waals surface area contributed by atoms with Crippen molar-refractivity contribution in [1.82, 2.24) is 20.0 Å². The minimum absolute atomic E-state index is 0.0557. The van der Waals surface area contributed by atoms with Crippen LogP contribution >= 0.6 is 0 Å². The molecule has 3 aromatic rings. The van der Waals surface area contributed by atoms with Gasteiger partial charge in [-0.1, -0.05) is 12.5 Å². The number of alkyl halides is 1. The van der Waals surface area contributed by atoms with E-state index >= 15 is 0 Å². The molecule has 8 heteroatoms. The van der Waals surface area contributed by atoms with E-state index in [2.05, 4.69) is 15.3 Å². The molecule has 0 saturated heterocycles. The normalized spacial score (nSPS) is 19.5. The summed E-state index contributed by atoms with van der Waals surface area (Å²) in [6.45, 7) is 0. The van der Waals surface area contributed by atoms with E-state index in [-0.39, 0.29) is 11.6 Å². The second-order valence-corrected chi connectivity index (χ2v) is 6.95. The molecule has 0 spiro atoms. The van der Waals surface area contributed by atoms with Crippen molar-refractivity contribution in [2.24, 2.45) is 7.05 Å². The summed E-state index contributed by atoms with van der Waals surface area (Å²) in [4.78, 5) is 0. The highest BCUT2D eigenvalue weighted by atomic mass is 19.1. The van der Waals surface area contributed by atoms with Crippen LogP contribution in [-0.2, 0) is 7.05 Å². The second kappa shape index (κ2) is 7.53. The van der Waals surface area contributed by atoms with E-state index in [9.17, 15) is 13.9 Å². The first kappa shape index (κ1) is 18.3. The fourth-order valence-electron chi connectivity index (χ4n) is 3.44. The number of nitrogens with zero attached hydrogens (tertiary/aromatic N) is 4. The molecule has 1 aromatic carbocycles. The maximum absolute atomic E-state index is 13.9. The largest absolute Gasteiger partial charge is 0.507 e. The summed E-state index contributed by atoms with van der Waals surface area (Å²) < 4.78 is 34.7. The standard InChI is InChI=1S/C20H20F2N4O2/c1-26-11-14(20(22)25-26)12-6-7-13(17(27)10-12)16-8-9-19(24-23-16)28-18-5-3-2-4-15(18)21/h6-11,15,18,27H,2-5H2,1H3/t15-,18+/m0/s1. The minimum atomic E-state index is -0.986. The van der Waals surface area contributed by atoms with Crippen molar-refractivity contribution in [2.75, 3.05) is 0 Å². The quantitative estimate of drug-likeness (QED) is 0.732. The van der Waals surface area contributed by atoms with E-state index in [1.807, 2.05) is 0 Å². The molecule has 0 unspecified atom stereocenters. The lowest BCUT2D eigenvalue weighted by Crippen LogP contribution is -2.32. The first-order valence-electron chi connectivity index (χ1n) is 9.18. The highest BCUT2D eigenvalue weighted by Gasteiger charge is 2.26. The molecule has 2 atom stereocenters. The fourth-order valence-corrected chi connectivity index (χ4v) is 3.44. The highest BCUT2D eigenvalue weighted by molar-refractivity contribution is 5.73. The van der Waals surface area contributed by atoms with Crippen molar-refractivity contribution in [1.29, 1.82) is 0 Å². The van der Waals surface area contributed by atoms with Crippen molar-refractivity contribution in [3.05, 3.63) is 42.5 Å². The van der Waals surface area contributed by atoms with Gasteiger partial charge in [0.15, 0.2) is 0 Å². The van der Waals surface area contributed by atoms with Crippen LogP contribution in [0.3, 0.4) is 0 Å². The molecule has 1 N–H and O–H groups in total. The number of halogens is 2. The molecule has 146 valence electrons. The Kier molecular flexibility index (Phi) is 4.93. The average Bonchev–Trinajstić information content (AvgIpc) is 3.02. The summed E-state index contributed by atoms with van der Waals surface area (Å²) in [5.41, 5.74) is 1.69. The maximum atomic E-state index is 13.9. The SMILES string of the molecule is Cn1cc(-c2ccc(-c3ccc(O[C@@H]4CCCC[C@@H]4F)nn3)c(O)c2)c(F)n1. The number of phenols is 1. The number of hydrogen-bond donors (Lipinski definition) is 1. The average molecular weight is 386 g/mol. The van der Waals surface area contributed by atoms with Gasteiger partial charge in [0.25, 0.3) is 0 Å². The Morgan fingerprint density at radius 2 is 1.93 bits per heavy atom. The van der Waals surface area contributed by atoms with Crippen LogP contribution in [-0.4, -0.2) is 37.4 Å². The van der Waals surface area contributed by atoms with E-state index in [0.717, 1.165) is 12.8 Å². The Balaban J connectivity index is 1.53. The van der Waals surface area contributed by atoms with Gasteiger partial charge in [0.05, 0.1) is 11.3 Å². The Morgan fingerprint density at radius 3 is 2.57 bits per heavy atom. The zero-order valence-corrected chi connectivity index (χ0v) is 15.3. The van der Waals surface area contributed by atoms with Gasteiger partial charge >= 0.3 is 0 Å². The molecule has 0 aliphatic heterocycles. The van der Waals surface area contributed by atoms with E-state index in [4.69, 9.17) is 4.74 Å². The minimum Gasteiger partial charge on any atom is -0.507 e. The number of aromatic hydroxyl groups is 1. The summed E-state index contributed by atoms with van der Waals surface area (Å²) in [5, 5.41) is 22.1. The second-order valence-electron chi connectivity index (χ2n) is 6.95. The van der Waals surface area contributed by atoms with E-state index in [1.54, 1.807) is 37.5 Å². The summed E-state index contributed by atoms with van der Waals surface area (Å²) in [7, 11) is 1.62. The molecule has 0 bridgehead atoms. The van der Waals surface area contributed by atoms with Gasteiger partial charge in [-0.3, -0.25) is 4.68 Å². The lowest BCUT2D eigenvalue weighted by Gasteiger charge is -2.25. The third kappa shape index (κ3) is 3.67. The predicted octanol–water partition coefficient (Wildman–Crippen LogP) is 4.05. The Hall–Kier alpha value is -3.03. The molecule has 4 rings (SSSR count). The molecule has 2 heterocycles. The van der Waals surface area contributed by atoms with Crippen molar-refractivity contribution in [2.45, 2.75) is 38.0 Å². The van der Waals surface area contributed by atoms with Gasteiger partial charge < -0.3 is 9.84 Å². The van der Waals surface area contributed by atoms with Crippen LogP contribution in [0.25, 0.3) is 22.4 Å². The number of benzene rings is 1. The molecule has 0 radical (unpaired) electrons. The zero-order chi connectivity index (χ0) is 19.7. The van der Waals surface area contributed by atoms with Crippen LogP contribution in [0.1, 0.15) is 25.7 Å². The van der Waals surface area contributed by atoms with Crippen LogP contribution in [0.15, 0.2) is 36.5 Å². The van der Waals surface area contributed by atoms with Crippen molar-refractivity contribution < 1.29 is 18.6 Å². The van der Waals surface area contributed by atoms with E-state index in [0.29, 0.717) is 35.2 Å². The highest BCUT2D eigenvalue weighted by Crippen LogP contribution is 2.33. The van der Waals surface area contributed by atoms with Crippen LogP contribution in [0.4, 0.5) is 8.78 Å². The van der Waals surface area contributed by atoms with Crippen LogP contribution in [0.2, 0.25) is 0 Å². The van der Waals surface area contributed by atoms with Crippen LogP contribution < -0.4 is 4.74 Å². The van der Waals surface area contributed by atoms with Crippen molar-refractivity contribution in [3.8, 4) is 34.0 Å². The van der Waals surface area contributed by atoms with E-state index in [1.165, 1.54) is 10.7 Å². The lowest BCUT2D eigenvalue weighted by atomic mass is 9.96. The van der Waals surface area contributed by atoms with Gasteiger partial charge in [-0.25, -0.2) is 4.39 Å². The van der Waals surface area contributed by atoms with Gasteiger partial charge in [0, 0.05) is 24.9 Å². The molecule has 1 aliphatic rings. The Labute approximate surface area is 160 Å². The number of ether oxygens (including phenoxy) is 1. The third-order valence-electron chi connectivity index (χ3n) is 4.90. The van der Waals surface area contributed by atoms with Crippen molar-refractivity contribution in [3.63, 3.8) is 0 Å². The van der Waals surface area contributed by atoms with Gasteiger partial charge in [0.2, 0.25) is 11.8 Å². The Bertz CT molecular complexity index is 975. The summed E-state index contributed by atoms with van der Waals surface area (Å²) in [6, 6.07) is 8.03. The number of aromatic nitrogens is 4. The molecule has 1 saturated carbocycles. The van der Waals surface area contributed by atoms with Crippen LogP contribution in [0, 0.1) is 5.95 Å².